The number of fused-ring (bicyclic) bond motifs is 1. The third-order valence-electron chi connectivity index (χ3n) is 4.71. The lowest BCUT2D eigenvalue weighted by Gasteiger charge is -2.26. The first-order valence-electron chi connectivity index (χ1n) is 9.51. The number of furan rings is 1. The average molecular weight is 360 g/mol. The van der Waals surface area contributed by atoms with E-state index in [-0.39, 0.29) is 0 Å². The van der Waals surface area contributed by atoms with Crippen LogP contribution in [0, 0.1) is 13.8 Å². The van der Waals surface area contributed by atoms with Crippen LogP contribution in [0.2, 0.25) is 0 Å². The van der Waals surface area contributed by atoms with E-state index in [1.54, 1.807) is 13.8 Å². The number of aromatic nitrogens is 2. The van der Waals surface area contributed by atoms with Crippen LogP contribution in [0.15, 0.2) is 4.42 Å². The molecule has 0 aromatic carbocycles. The third-order valence-corrected chi connectivity index (χ3v) is 4.71. The second kappa shape index (κ2) is 8.49. The molecule has 0 bridgehead atoms. The summed E-state index contributed by atoms with van der Waals surface area (Å²) >= 11 is 0. The quantitative estimate of drug-likeness (QED) is 0.599. The molecule has 0 saturated carbocycles. The van der Waals surface area contributed by atoms with Crippen molar-refractivity contribution in [1.29, 1.82) is 0 Å². The van der Waals surface area contributed by atoms with E-state index in [1.807, 2.05) is 6.92 Å². The highest BCUT2D eigenvalue weighted by molar-refractivity contribution is 6.07. The largest absolute Gasteiger partial charge is 0.462 e. The number of piperidine rings is 1. The van der Waals surface area contributed by atoms with Gasteiger partial charge in [0.05, 0.1) is 12.0 Å². The summed E-state index contributed by atoms with van der Waals surface area (Å²) in [6, 6.07) is 0. The fourth-order valence-electron chi connectivity index (χ4n) is 3.49. The topological polar surface area (TPSA) is 80.5 Å². The fraction of sp³-hybridized carbons (Fsp3) is 0.632. The van der Waals surface area contributed by atoms with Gasteiger partial charge in [-0.3, -0.25) is 0 Å². The summed E-state index contributed by atoms with van der Waals surface area (Å²) in [7, 11) is 0. The number of likely N-dealkylation sites (tertiary alicyclic amines) is 1. The predicted molar refractivity (Wildman–Crippen MR) is 101 cm³/mol. The van der Waals surface area contributed by atoms with E-state index >= 15 is 0 Å². The molecule has 2 aromatic heterocycles. The van der Waals surface area contributed by atoms with E-state index in [9.17, 15) is 4.79 Å². The number of aryl methyl sites for hydroxylation is 2. The van der Waals surface area contributed by atoms with Crippen molar-refractivity contribution in [3.63, 3.8) is 0 Å². The SMILES string of the molecule is CCOC(=O)c1c(C)oc2nc(C)nc(NCCCN3CCCCC3)c12. The lowest BCUT2D eigenvalue weighted by Crippen LogP contribution is -2.31. The van der Waals surface area contributed by atoms with Gasteiger partial charge >= 0.3 is 5.97 Å². The van der Waals surface area contributed by atoms with Gasteiger partial charge in [0, 0.05) is 6.54 Å². The molecule has 1 aliphatic rings. The molecule has 26 heavy (non-hydrogen) atoms. The highest BCUT2D eigenvalue weighted by atomic mass is 16.5. The van der Waals surface area contributed by atoms with Gasteiger partial charge in [-0.1, -0.05) is 6.42 Å². The Labute approximate surface area is 154 Å². The van der Waals surface area contributed by atoms with Crippen LogP contribution in [0.25, 0.3) is 11.1 Å². The molecule has 0 unspecified atom stereocenters. The summed E-state index contributed by atoms with van der Waals surface area (Å²) in [5, 5.41) is 3.99. The lowest BCUT2D eigenvalue weighted by atomic mass is 10.1. The van der Waals surface area contributed by atoms with Gasteiger partial charge in [-0.2, -0.15) is 4.98 Å². The van der Waals surface area contributed by atoms with Crippen molar-refractivity contribution in [3.05, 3.63) is 17.1 Å². The van der Waals surface area contributed by atoms with Gasteiger partial charge in [0.25, 0.3) is 0 Å². The highest BCUT2D eigenvalue weighted by Crippen LogP contribution is 2.30. The van der Waals surface area contributed by atoms with Crippen molar-refractivity contribution in [2.75, 3.05) is 38.1 Å². The zero-order valence-electron chi connectivity index (χ0n) is 15.9. The van der Waals surface area contributed by atoms with Crippen LogP contribution in [-0.4, -0.2) is 53.6 Å². The summed E-state index contributed by atoms with van der Waals surface area (Å²) < 4.78 is 10.9. The molecule has 3 heterocycles. The molecule has 7 heteroatoms. The number of rotatable bonds is 7. The number of carbonyl (C=O) groups excluding carboxylic acids is 1. The Balaban J connectivity index is 1.74. The summed E-state index contributed by atoms with van der Waals surface area (Å²) in [5.74, 6) is 1.37. The summed E-state index contributed by atoms with van der Waals surface area (Å²) in [6.07, 6.45) is 4.98. The van der Waals surface area contributed by atoms with E-state index in [1.165, 1.54) is 32.4 Å². The number of anilines is 1. The van der Waals surface area contributed by atoms with Gasteiger partial charge in [0.2, 0.25) is 5.71 Å². The minimum Gasteiger partial charge on any atom is -0.462 e. The van der Waals surface area contributed by atoms with E-state index in [4.69, 9.17) is 9.15 Å². The molecule has 3 rings (SSSR count). The van der Waals surface area contributed by atoms with Crippen molar-refractivity contribution in [2.24, 2.45) is 0 Å². The molecule has 1 fully saturated rings. The van der Waals surface area contributed by atoms with Crippen LogP contribution in [0.5, 0.6) is 0 Å². The molecule has 142 valence electrons. The molecule has 0 atom stereocenters. The Hall–Kier alpha value is -2.15. The number of nitrogens with zero attached hydrogens (tertiary/aromatic N) is 3. The van der Waals surface area contributed by atoms with Gasteiger partial charge in [-0.05, 0) is 59.7 Å². The average Bonchev–Trinajstić information content (AvgIpc) is 2.95. The molecule has 7 nitrogen and oxygen atoms in total. The van der Waals surface area contributed by atoms with Gasteiger partial charge in [-0.25, -0.2) is 9.78 Å². The Morgan fingerprint density at radius 2 is 2.00 bits per heavy atom. The summed E-state index contributed by atoms with van der Waals surface area (Å²) in [6.45, 7) is 9.94. The van der Waals surface area contributed by atoms with Gasteiger partial charge in [-0.15, -0.1) is 0 Å². The van der Waals surface area contributed by atoms with E-state index in [2.05, 4.69) is 20.2 Å². The van der Waals surface area contributed by atoms with Crippen LogP contribution in [-0.2, 0) is 4.74 Å². The van der Waals surface area contributed by atoms with Crippen molar-refractivity contribution in [1.82, 2.24) is 14.9 Å². The zero-order chi connectivity index (χ0) is 18.5. The second-order valence-corrected chi connectivity index (χ2v) is 6.74. The summed E-state index contributed by atoms with van der Waals surface area (Å²) in [5.41, 5.74) is 0.844. The highest BCUT2D eigenvalue weighted by Gasteiger charge is 2.24. The minimum atomic E-state index is -0.396. The second-order valence-electron chi connectivity index (χ2n) is 6.74. The number of esters is 1. The molecule has 0 amide bonds. The van der Waals surface area contributed by atoms with Crippen LogP contribution in [0.1, 0.15) is 54.5 Å². The van der Waals surface area contributed by atoms with Crippen molar-refractivity contribution in [3.8, 4) is 0 Å². The number of nitrogens with one attached hydrogen (secondary N) is 1. The van der Waals surface area contributed by atoms with Gasteiger partial charge in [0.15, 0.2) is 0 Å². The predicted octanol–water partition coefficient (Wildman–Crippen LogP) is 3.30. The Kier molecular flexibility index (Phi) is 6.08. The van der Waals surface area contributed by atoms with Crippen LogP contribution >= 0.6 is 0 Å². The molecule has 1 saturated heterocycles. The Morgan fingerprint density at radius 3 is 2.73 bits per heavy atom. The molecule has 1 aliphatic heterocycles. The number of ether oxygens (including phenoxy) is 1. The first-order valence-corrected chi connectivity index (χ1v) is 9.51. The van der Waals surface area contributed by atoms with Crippen molar-refractivity contribution < 1.29 is 13.9 Å². The minimum absolute atomic E-state index is 0.316. The normalized spacial score (nSPS) is 15.3. The molecule has 0 aliphatic carbocycles. The number of hydrogen-bond acceptors (Lipinski definition) is 7. The van der Waals surface area contributed by atoms with Crippen LogP contribution < -0.4 is 5.32 Å². The van der Waals surface area contributed by atoms with Crippen LogP contribution in [0.3, 0.4) is 0 Å². The van der Waals surface area contributed by atoms with Crippen molar-refractivity contribution >= 4 is 22.9 Å². The van der Waals surface area contributed by atoms with E-state index < -0.39 is 5.97 Å². The monoisotopic (exact) mass is 360 g/mol. The van der Waals surface area contributed by atoms with Crippen molar-refractivity contribution in [2.45, 2.75) is 46.5 Å². The maximum absolute atomic E-state index is 12.3. The third kappa shape index (κ3) is 4.15. The maximum atomic E-state index is 12.3. The zero-order valence-corrected chi connectivity index (χ0v) is 15.9. The molecule has 1 N–H and O–H groups in total. The standard InChI is InChI=1S/C19H28N4O3/c1-4-25-19(24)15-13(2)26-18-16(15)17(21-14(3)22-18)20-9-8-12-23-10-6-5-7-11-23/h4-12H2,1-3H3,(H,20,21,22). The summed E-state index contributed by atoms with van der Waals surface area (Å²) in [4.78, 5) is 23.7. The fourth-order valence-corrected chi connectivity index (χ4v) is 3.49. The molecule has 2 aromatic rings. The molecule has 0 radical (unpaired) electrons. The molecule has 0 spiro atoms. The smallest absolute Gasteiger partial charge is 0.342 e. The Morgan fingerprint density at radius 1 is 1.23 bits per heavy atom. The van der Waals surface area contributed by atoms with E-state index in [0.29, 0.717) is 40.7 Å². The molecular formula is C19H28N4O3. The lowest BCUT2D eigenvalue weighted by molar-refractivity contribution is 0.0526. The van der Waals surface area contributed by atoms with Gasteiger partial charge in [0.1, 0.15) is 23.0 Å². The number of carbonyl (C=O) groups is 1. The maximum Gasteiger partial charge on any atom is 0.342 e. The van der Waals surface area contributed by atoms with Crippen LogP contribution in [0.4, 0.5) is 5.82 Å². The van der Waals surface area contributed by atoms with E-state index in [0.717, 1.165) is 19.5 Å². The molecular weight excluding hydrogens is 332 g/mol. The first kappa shape index (κ1) is 18.6. The first-order chi connectivity index (χ1) is 12.6. The number of hydrogen-bond donors (Lipinski definition) is 1. The van der Waals surface area contributed by atoms with Gasteiger partial charge < -0.3 is 19.4 Å². The Bertz CT molecular complexity index is 766.